The van der Waals surface area contributed by atoms with E-state index in [1.54, 1.807) is 11.3 Å². The van der Waals surface area contributed by atoms with E-state index >= 15 is 0 Å². The van der Waals surface area contributed by atoms with Crippen LogP contribution in [-0.4, -0.2) is 21.8 Å². The first-order valence-electron chi connectivity index (χ1n) is 14.2. The fourth-order valence-electron chi connectivity index (χ4n) is 6.43. The van der Waals surface area contributed by atoms with Gasteiger partial charge in [0, 0.05) is 28.1 Å². The average Bonchev–Trinajstić information content (AvgIpc) is 3.89. The number of thiophene rings is 2. The lowest BCUT2D eigenvalue weighted by atomic mass is 9.92. The van der Waals surface area contributed by atoms with Gasteiger partial charge in [0.1, 0.15) is 0 Å². The summed E-state index contributed by atoms with van der Waals surface area (Å²) in [5, 5.41) is 10.1. The highest BCUT2D eigenvalue weighted by molar-refractivity contribution is 7.16. The maximum Gasteiger partial charge on any atom is 0.258 e. The minimum Gasteiger partial charge on any atom is -0.361 e. The van der Waals surface area contributed by atoms with Gasteiger partial charge in [-0.2, -0.15) is 0 Å². The number of aromatic amines is 2. The Morgan fingerprint density at radius 2 is 1.20 bits per heavy atom. The Balaban J connectivity index is 1.23. The number of fused-ring (bicyclic) bond motifs is 3. The molecule has 3 aromatic carbocycles. The summed E-state index contributed by atoms with van der Waals surface area (Å²) < 4.78 is 0. The van der Waals surface area contributed by atoms with Crippen molar-refractivity contribution >= 4 is 67.7 Å². The van der Waals surface area contributed by atoms with E-state index in [1.165, 1.54) is 11.3 Å². The summed E-state index contributed by atoms with van der Waals surface area (Å²) in [5.41, 5.74) is 9.65. The number of rotatable bonds is 5. The van der Waals surface area contributed by atoms with Crippen LogP contribution >= 0.6 is 22.7 Å². The van der Waals surface area contributed by atoms with E-state index in [-0.39, 0.29) is 11.8 Å². The molecule has 0 bridgehead atoms. The summed E-state index contributed by atoms with van der Waals surface area (Å²) in [6.07, 6.45) is 2.01. The monoisotopic (exact) mass is 606 g/mol. The van der Waals surface area contributed by atoms with Crippen molar-refractivity contribution in [1.82, 2.24) is 20.6 Å². The topological polar surface area (TPSA) is 89.8 Å². The van der Waals surface area contributed by atoms with Gasteiger partial charge in [-0.15, -0.1) is 22.7 Å². The second-order valence-corrected chi connectivity index (χ2v) is 12.8. The molecule has 4 N–H and O–H groups in total. The molecular weight excluding hydrogens is 585 g/mol. The third-order valence-corrected chi connectivity index (χ3v) is 10.3. The van der Waals surface area contributed by atoms with Crippen molar-refractivity contribution in [3.05, 3.63) is 130 Å². The van der Waals surface area contributed by atoms with E-state index in [4.69, 9.17) is 0 Å². The third-order valence-electron chi connectivity index (χ3n) is 8.29. The van der Waals surface area contributed by atoms with E-state index in [2.05, 4.69) is 87.3 Å². The van der Waals surface area contributed by atoms with Gasteiger partial charge in [-0.1, -0.05) is 66.7 Å². The van der Waals surface area contributed by atoms with Gasteiger partial charge in [-0.3, -0.25) is 9.59 Å². The Kier molecular flexibility index (Phi) is 5.44. The molecule has 7 aromatic rings. The van der Waals surface area contributed by atoms with Crippen molar-refractivity contribution in [3.63, 3.8) is 0 Å². The molecule has 0 fully saturated rings. The second-order valence-electron chi connectivity index (χ2n) is 10.8. The van der Waals surface area contributed by atoms with Crippen LogP contribution < -0.4 is 10.6 Å². The summed E-state index contributed by atoms with van der Waals surface area (Å²) in [6.45, 7) is 0. The van der Waals surface area contributed by atoms with Crippen LogP contribution in [-0.2, 0) is 9.59 Å². The highest BCUT2D eigenvalue weighted by Gasteiger charge is 2.41. The Morgan fingerprint density at radius 3 is 1.86 bits per heavy atom. The van der Waals surface area contributed by atoms with Crippen LogP contribution in [0.1, 0.15) is 9.75 Å². The van der Waals surface area contributed by atoms with Gasteiger partial charge in [0.05, 0.1) is 53.9 Å². The summed E-state index contributed by atoms with van der Waals surface area (Å²) in [6, 6.07) is 33.1. The molecule has 8 heteroatoms. The van der Waals surface area contributed by atoms with Gasteiger partial charge >= 0.3 is 0 Å². The predicted octanol–water partition coefficient (Wildman–Crippen LogP) is 8.16. The number of hydrogen-bond donors (Lipinski definition) is 4. The van der Waals surface area contributed by atoms with Crippen LogP contribution in [0.15, 0.2) is 120 Å². The van der Waals surface area contributed by atoms with E-state index in [0.717, 1.165) is 64.4 Å². The number of carbonyl (C=O) groups is 2. The standard InChI is InChI=1S/C36H22N4O2S2/c41-35-29-30(36(42)39-33(29)25-12-7-17-43-25)34(40-35)26-14-13-24(44-26)23-18-22-28(20-10-5-2-6-11-20)31-21(15-16-37-31)27(32(22)38-23)19-8-3-1-4-9-19/h1-18,37-38H,(H,39,42)(H,40,41). The molecule has 9 rings (SSSR count). The molecule has 0 saturated carbocycles. The molecule has 0 radical (unpaired) electrons. The van der Waals surface area contributed by atoms with Crippen LogP contribution in [0.3, 0.4) is 0 Å². The minimum absolute atomic E-state index is 0.257. The van der Waals surface area contributed by atoms with Crippen LogP contribution in [0.5, 0.6) is 0 Å². The lowest BCUT2D eigenvalue weighted by Crippen LogP contribution is -2.20. The van der Waals surface area contributed by atoms with Gasteiger partial charge in [0.2, 0.25) is 0 Å². The molecule has 0 unspecified atom stereocenters. The van der Waals surface area contributed by atoms with Crippen LogP contribution in [0.4, 0.5) is 0 Å². The molecule has 0 aliphatic carbocycles. The van der Waals surface area contributed by atoms with Crippen molar-refractivity contribution in [2.45, 2.75) is 0 Å². The van der Waals surface area contributed by atoms with Gasteiger partial charge in [0.15, 0.2) is 0 Å². The molecule has 4 aromatic heterocycles. The zero-order valence-corrected chi connectivity index (χ0v) is 24.7. The predicted molar refractivity (Wildman–Crippen MR) is 179 cm³/mol. The fraction of sp³-hybridized carbons (Fsp3) is 0. The highest BCUT2D eigenvalue weighted by atomic mass is 32.1. The van der Waals surface area contributed by atoms with Gasteiger partial charge in [0.25, 0.3) is 11.8 Å². The lowest BCUT2D eigenvalue weighted by molar-refractivity contribution is -0.117. The molecule has 44 heavy (non-hydrogen) atoms. The van der Waals surface area contributed by atoms with Crippen LogP contribution in [0.2, 0.25) is 0 Å². The number of amides is 2. The summed E-state index contributed by atoms with van der Waals surface area (Å²) in [7, 11) is 0. The molecule has 0 spiro atoms. The molecule has 210 valence electrons. The van der Waals surface area contributed by atoms with Crippen molar-refractivity contribution < 1.29 is 9.59 Å². The number of nitrogens with one attached hydrogen (secondary N) is 4. The second kappa shape index (κ2) is 9.54. The molecule has 0 atom stereocenters. The highest BCUT2D eigenvalue weighted by Crippen LogP contribution is 2.46. The number of benzene rings is 3. The van der Waals surface area contributed by atoms with E-state index < -0.39 is 0 Å². The first kappa shape index (κ1) is 25.1. The number of carbonyl (C=O) groups excluding carboxylic acids is 2. The maximum absolute atomic E-state index is 13.1. The molecule has 2 aliphatic heterocycles. The summed E-state index contributed by atoms with van der Waals surface area (Å²) in [4.78, 5) is 36.2. The largest absolute Gasteiger partial charge is 0.361 e. The Morgan fingerprint density at radius 1 is 0.568 bits per heavy atom. The smallest absolute Gasteiger partial charge is 0.258 e. The normalized spacial score (nSPS) is 14.6. The number of hydrogen-bond acceptors (Lipinski definition) is 4. The number of H-pyrrole nitrogens is 2. The van der Waals surface area contributed by atoms with Crippen molar-refractivity contribution in [1.29, 1.82) is 0 Å². The van der Waals surface area contributed by atoms with Gasteiger partial charge < -0.3 is 20.6 Å². The molecule has 6 heterocycles. The maximum atomic E-state index is 13.1. The van der Waals surface area contributed by atoms with Crippen LogP contribution in [0, 0.1) is 0 Å². The summed E-state index contributed by atoms with van der Waals surface area (Å²) >= 11 is 3.04. The minimum atomic E-state index is -0.257. The zero-order valence-electron chi connectivity index (χ0n) is 23.0. The SMILES string of the molecule is O=C1NC(c2ccc(-c3cc4c(-c5ccccc5)c5[nH]ccc5c(-c5ccccc5)c4[nH]3)s2)=C2C(=O)NC(c3cccs3)=C12. The molecule has 0 saturated heterocycles. The number of aromatic nitrogens is 2. The Labute approximate surface area is 259 Å². The molecule has 2 aliphatic rings. The third kappa shape index (κ3) is 3.65. The zero-order chi connectivity index (χ0) is 29.4. The van der Waals surface area contributed by atoms with Crippen molar-refractivity contribution in [3.8, 4) is 32.8 Å². The van der Waals surface area contributed by atoms with Crippen molar-refractivity contribution in [2.75, 3.05) is 0 Å². The molecule has 2 amide bonds. The van der Waals surface area contributed by atoms with E-state index in [0.29, 0.717) is 22.5 Å². The fourth-order valence-corrected chi connectivity index (χ4v) is 8.15. The Bertz CT molecular complexity index is 2260. The quantitative estimate of drug-likeness (QED) is 0.159. The van der Waals surface area contributed by atoms with E-state index in [9.17, 15) is 9.59 Å². The van der Waals surface area contributed by atoms with Crippen molar-refractivity contribution in [2.24, 2.45) is 0 Å². The van der Waals surface area contributed by atoms with Crippen LogP contribution in [0.25, 0.3) is 66.0 Å². The molecular formula is C36H22N4O2S2. The first-order valence-corrected chi connectivity index (χ1v) is 15.9. The average molecular weight is 607 g/mol. The van der Waals surface area contributed by atoms with Gasteiger partial charge in [-0.05, 0) is 46.8 Å². The van der Waals surface area contributed by atoms with Gasteiger partial charge in [-0.25, -0.2) is 0 Å². The summed E-state index contributed by atoms with van der Waals surface area (Å²) in [5.74, 6) is -0.514. The lowest BCUT2D eigenvalue weighted by Gasteiger charge is -2.12. The molecule has 6 nitrogen and oxygen atoms in total. The first-order chi connectivity index (χ1) is 21.7. The van der Waals surface area contributed by atoms with E-state index in [1.807, 2.05) is 41.9 Å². The Hall–Kier alpha value is -5.44.